The maximum absolute atomic E-state index is 13.2. The van der Waals surface area contributed by atoms with Crippen LogP contribution in [-0.2, 0) is 0 Å². The first-order chi connectivity index (χ1) is 6.31. The first-order valence-corrected chi connectivity index (χ1v) is 4.96. The van der Waals surface area contributed by atoms with Gasteiger partial charge in [0.15, 0.2) is 0 Å². The average molecular weight is 196 g/mol. The highest BCUT2D eigenvalue weighted by atomic mass is 19.1. The Kier molecular flexibility index (Phi) is 4.82. The van der Waals surface area contributed by atoms with Crippen LogP contribution in [0.1, 0.15) is 34.6 Å². The molecule has 0 aliphatic rings. The van der Waals surface area contributed by atoms with E-state index in [1.807, 2.05) is 45.9 Å². The zero-order valence-electron chi connectivity index (χ0n) is 9.89. The minimum atomic E-state index is -0.851. The van der Waals surface area contributed by atoms with Crippen LogP contribution in [0.5, 0.6) is 0 Å². The SMILES string of the molecule is C=C(/C=C\C)/C(C)=C\C(C)(C)C(C)F. The lowest BCUT2D eigenvalue weighted by molar-refractivity contribution is 0.211. The van der Waals surface area contributed by atoms with Crippen molar-refractivity contribution >= 4 is 0 Å². The topological polar surface area (TPSA) is 0 Å². The molecule has 0 aromatic heterocycles. The summed E-state index contributed by atoms with van der Waals surface area (Å²) in [6.45, 7) is 13.2. The van der Waals surface area contributed by atoms with Crippen molar-refractivity contribution < 1.29 is 4.39 Å². The summed E-state index contributed by atoms with van der Waals surface area (Å²) in [5, 5.41) is 0. The van der Waals surface area contributed by atoms with Crippen LogP contribution in [0.25, 0.3) is 0 Å². The highest BCUT2D eigenvalue weighted by molar-refractivity contribution is 5.36. The summed E-state index contributed by atoms with van der Waals surface area (Å²) >= 11 is 0. The van der Waals surface area contributed by atoms with E-state index in [9.17, 15) is 4.39 Å². The first kappa shape index (κ1) is 13.2. The third-order valence-corrected chi connectivity index (χ3v) is 2.49. The zero-order valence-corrected chi connectivity index (χ0v) is 9.89. The second kappa shape index (κ2) is 5.14. The molecular weight excluding hydrogens is 175 g/mol. The standard InChI is InChI=1S/C13H21F/c1-7-8-10(2)11(3)9-13(5,6)12(4)14/h7-9,12H,2H2,1,3-6H3/b8-7-,11-9-. The smallest absolute Gasteiger partial charge is 0.106 e. The van der Waals surface area contributed by atoms with E-state index in [4.69, 9.17) is 0 Å². The number of alkyl halides is 1. The molecule has 0 aliphatic carbocycles. The van der Waals surface area contributed by atoms with Gasteiger partial charge in [0.1, 0.15) is 6.17 Å². The van der Waals surface area contributed by atoms with Gasteiger partial charge in [-0.2, -0.15) is 0 Å². The monoisotopic (exact) mass is 196 g/mol. The van der Waals surface area contributed by atoms with Crippen LogP contribution in [-0.4, -0.2) is 6.17 Å². The molecule has 0 fully saturated rings. The van der Waals surface area contributed by atoms with Gasteiger partial charge in [0.2, 0.25) is 0 Å². The Hall–Kier alpha value is -0.850. The molecule has 1 heteroatoms. The van der Waals surface area contributed by atoms with Crippen molar-refractivity contribution in [1.82, 2.24) is 0 Å². The second-order valence-corrected chi connectivity index (χ2v) is 4.29. The molecule has 0 amide bonds. The van der Waals surface area contributed by atoms with Gasteiger partial charge in [-0.15, -0.1) is 0 Å². The lowest BCUT2D eigenvalue weighted by atomic mass is 9.85. The highest BCUT2D eigenvalue weighted by Gasteiger charge is 2.23. The molecule has 1 unspecified atom stereocenters. The fourth-order valence-electron chi connectivity index (χ4n) is 1.10. The zero-order chi connectivity index (χ0) is 11.4. The van der Waals surface area contributed by atoms with Gasteiger partial charge in [0.25, 0.3) is 0 Å². The van der Waals surface area contributed by atoms with Gasteiger partial charge in [-0.3, -0.25) is 0 Å². The van der Waals surface area contributed by atoms with Crippen LogP contribution in [0.3, 0.4) is 0 Å². The average Bonchev–Trinajstić information content (AvgIpc) is 2.03. The van der Waals surface area contributed by atoms with Crippen molar-refractivity contribution in [1.29, 1.82) is 0 Å². The molecule has 0 heterocycles. The van der Waals surface area contributed by atoms with Gasteiger partial charge >= 0.3 is 0 Å². The molecule has 14 heavy (non-hydrogen) atoms. The summed E-state index contributed by atoms with van der Waals surface area (Å²) < 4.78 is 13.2. The molecule has 0 rings (SSSR count). The number of hydrogen-bond donors (Lipinski definition) is 0. The van der Waals surface area contributed by atoms with E-state index in [0.717, 1.165) is 11.1 Å². The van der Waals surface area contributed by atoms with Crippen molar-refractivity contribution in [2.24, 2.45) is 5.41 Å². The maximum Gasteiger partial charge on any atom is 0.106 e. The Morgan fingerprint density at radius 1 is 1.43 bits per heavy atom. The minimum Gasteiger partial charge on any atom is -0.247 e. The summed E-state index contributed by atoms with van der Waals surface area (Å²) in [6, 6.07) is 0. The van der Waals surface area contributed by atoms with Crippen LogP contribution in [0.2, 0.25) is 0 Å². The molecule has 0 aromatic rings. The van der Waals surface area contributed by atoms with E-state index >= 15 is 0 Å². The van der Waals surface area contributed by atoms with E-state index in [-0.39, 0.29) is 0 Å². The highest BCUT2D eigenvalue weighted by Crippen LogP contribution is 2.28. The fourth-order valence-corrected chi connectivity index (χ4v) is 1.10. The third-order valence-electron chi connectivity index (χ3n) is 2.49. The lowest BCUT2D eigenvalue weighted by Gasteiger charge is -2.23. The summed E-state index contributed by atoms with van der Waals surface area (Å²) in [5.41, 5.74) is 1.56. The van der Waals surface area contributed by atoms with Crippen molar-refractivity contribution in [2.75, 3.05) is 0 Å². The Morgan fingerprint density at radius 3 is 2.29 bits per heavy atom. The maximum atomic E-state index is 13.2. The molecule has 0 spiro atoms. The van der Waals surface area contributed by atoms with E-state index < -0.39 is 11.6 Å². The second-order valence-electron chi connectivity index (χ2n) is 4.29. The van der Waals surface area contributed by atoms with E-state index in [1.165, 1.54) is 0 Å². The molecule has 0 nitrogen and oxygen atoms in total. The number of hydrogen-bond acceptors (Lipinski definition) is 0. The van der Waals surface area contributed by atoms with Crippen LogP contribution >= 0.6 is 0 Å². The van der Waals surface area contributed by atoms with Gasteiger partial charge in [0, 0.05) is 5.41 Å². The molecular formula is C13H21F. The van der Waals surface area contributed by atoms with Gasteiger partial charge < -0.3 is 0 Å². The normalized spacial score (nSPS) is 16.0. The van der Waals surface area contributed by atoms with Gasteiger partial charge in [-0.1, -0.05) is 38.7 Å². The van der Waals surface area contributed by atoms with Crippen molar-refractivity contribution in [2.45, 2.75) is 40.8 Å². The minimum absolute atomic E-state index is 0.422. The van der Waals surface area contributed by atoms with Gasteiger partial charge in [-0.05, 0) is 31.9 Å². The van der Waals surface area contributed by atoms with Crippen molar-refractivity contribution in [3.05, 3.63) is 36.0 Å². The number of allylic oxidation sites excluding steroid dienone is 5. The Bertz CT molecular complexity index is 254. The van der Waals surface area contributed by atoms with Crippen LogP contribution < -0.4 is 0 Å². The Balaban J connectivity index is 4.75. The number of rotatable bonds is 4. The predicted molar refractivity (Wildman–Crippen MR) is 62.1 cm³/mol. The van der Waals surface area contributed by atoms with Crippen molar-refractivity contribution in [3.63, 3.8) is 0 Å². The van der Waals surface area contributed by atoms with Crippen LogP contribution in [0.4, 0.5) is 4.39 Å². The molecule has 0 bridgehead atoms. The molecule has 0 radical (unpaired) electrons. The van der Waals surface area contributed by atoms with Gasteiger partial charge in [-0.25, -0.2) is 4.39 Å². The predicted octanol–water partition coefficient (Wildman–Crippen LogP) is 4.45. The molecule has 0 saturated carbocycles. The van der Waals surface area contributed by atoms with E-state index in [0.29, 0.717) is 0 Å². The van der Waals surface area contributed by atoms with Gasteiger partial charge in [0.05, 0.1) is 0 Å². The Morgan fingerprint density at radius 2 is 1.93 bits per heavy atom. The molecule has 1 atom stereocenters. The molecule has 0 aromatic carbocycles. The largest absolute Gasteiger partial charge is 0.247 e. The summed E-state index contributed by atoms with van der Waals surface area (Å²) in [5.74, 6) is 0. The summed E-state index contributed by atoms with van der Waals surface area (Å²) in [6.07, 6.45) is 4.96. The lowest BCUT2D eigenvalue weighted by Crippen LogP contribution is -2.20. The fraction of sp³-hybridized carbons (Fsp3) is 0.538. The quantitative estimate of drug-likeness (QED) is 0.583. The summed E-state index contributed by atoms with van der Waals surface area (Å²) in [7, 11) is 0. The first-order valence-electron chi connectivity index (χ1n) is 4.96. The van der Waals surface area contributed by atoms with Crippen LogP contribution in [0, 0.1) is 5.41 Å². The molecule has 0 saturated heterocycles. The number of halogens is 1. The van der Waals surface area contributed by atoms with E-state index in [2.05, 4.69) is 6.58 Å². The Labute approximate surface area is 87.2 Å². The summed E-state index contributed by atoms with van der Waals surface area (Å²) in [4.78, 5) is 0. The third kappa shape index (κ3) is 3.91. The van der Waals surface area contributed by atoms with Crippen molar-refractivity contribution in [3.8, 4) is 0 Å². The molecule has 0 N–H and O–H groups in total. The van der Waals surface area contributed by atoms with Crippen LogP contribution in [0.15, 0.2) is 36.0 Å². The van der Waals surface area contributed by atoms with E-state index in [1.54, 1.807) is 6.92 Å². The molecule has 80 valence electrons. The molecule has 0 aliphatic heterocycles.